The Morgan fingerprint density at radius 1 is 1.16 bits per heavy atom. The summed E-state index contributed by atoms with van der Waals surface area (Å²) in [6.45, 7) is 0.423. The highest BCUT2D eigenvalue weighted by molar-refractivity contribution is 7.10. The molecule has 0 aliphatic heterocycles. The van der Waals surface area contributed by atoms with Crippen LogP contribution < -0.4 is 5.73 Å². The van der Waals surface area contributed by atoms with E-state index in [9.17, 15) is 13.2 Å². The molecule has 0 saturated heterocycles. The predicted octanol–water partition coefficient (Wildman–Crippen LogP) is 4.24. The quantitative estimate of drug-likeness (QED) is 0.902. The van der Waals surface area contributed by atoms with Crippen molar-refractivity contribution in [3.63, 3.8) is 0 Å². The average molecular weight is 308 g/mol. The van der Waals surface area contributed by atoms with Crippen LogP contribution in [0.15, 0.2) is 35.7 Å². The van der Waals surface area contributed by atoms with E-state index in [4.69, 9.17) is 5.73 Å². The number of alkyl halides is 3. The summed E-state index contributed by atoms with van der Waals surface area (Å²) in [5.41, 5.74) is 6.62. The normalized spacial score (nSPS) is 11.2. The Kier molecular flexibility index (Phi) is 5.40. The van der Waals surface area contributed by atoms with Crippen LogP contribution in [0.3, 0.4) is 0 Å². The molecule has 104 valence electrons. The highest BCUT2D eigenvalue weighted by atomic mass is 35.5. The fourth-order valence-corrected chi connectivity index (χ4v) is 2.57. The first-order valence-corrected chi connectivity index (χ1v) is 6.30. The van der Waals surface area contributed by atoms with Crippen LogP contribution in [-0.4, -0.2) is 0 Å². The van der Waals surface area contributed by atoms with Crippen molar-refractivity contribution in [2.45, 2.75) is 19.1 Å². The molecular weight excluding hydrogens is 295 g/mol. The van der Waals surface area contributed by atoms with Gasteiger partial charge in [0.05, 0.1) is 5.56 Å². The van der Waals surface area contributed by atoms with Gasteiger partial charge in [0.25, 0.3) is 0 Å². The van der Waals surface area contributed by atoms with E-state index >= 15 is 0 Å². The van der Waals surface area contributed by atoms with Gasteiger partial charge in [-0.3, -0.25) is 0 Å². The topological polar surface area (TPSA) is 26.0 Å². The van der Waals surface area contributed by atoms with Crippen LogP contribution in [0.25, 0.3) is 0 Å². The van der Waals surface area contributed by atoms with Crippen molar-refractivity contribution in [3.05, 3.63) is 57.3 Å². The molecule has 19 heavy (non-hydrogen) atoms. The second-order valence-electron chi connectivity index (χ2n) is 3.95. The number of hydrogen-bond donors (Lipinski definition) is 1. The van der Waals surface area contributed by atoms with E-state index in [1.807, 2.05) is 11.4 Å². The Hall–Kier alpha value is -1.04. The summed E-state index contributed by atoms with van der Waals surface area (Å²) in [7, 11) is 0. The second kappa shape index (κ2) is 6.41. The number of thiophene rings is 1. The molecule has 0 fully saturated rings. The van der Waals surface area contributed by atoms with Crippen LogP contribution in [0.2, 0.25) is 0 Å². The third-order valence-electron chi connectivity index (χ3n) is 2.67. The lowest BCUT2D eigenvalue weighted by Crippen LogP contribution is -2.05. The summed E-state index contributed by atoms with van der Waals surface area (Å²) >= 11 is 1.53. The number of nitrogens with two attached hydrogens (primary N) is 1. The first-order valence-electron chi connectivity index (χ1n) is 5.42. The second-order valence-corrected chi connectivity index (χ2v) is 4.95. The van der Waals surface area contributed by atoms with Gasteiger partial charge in [0.15, 0.2) is 0 Å². The third kappa shape index (κ3) is 3.96. The smallest absolute Gasteiger partial charge is 0.326 e. The SMILES string of the molecule is Cl.NCc1sccc1Cc1cccc(C(F)(F)F)c1. The van der Waals surface area contributed by atoms with Gasteiger partial charge in [-0.15, -0.1) is 23.7 Å². The Balaban J connectivity index is 0.00000180. The van der Waals surface area contributed by atoms with Gasteiger partial charge < -0.3 is 5.73 Å². The highest BCUT2D eigenvalue weighted by Gasteiger charge is 2.30. The molecule has 0 bridgehead atoms. The number of benzene rings is 1. The maximum absolute atomic E-state index is 12.6. The molecule has 0 atom stereocenters. The molecular formula is C13H13ClF3NS. The molecule has 0 aliphatic rings. The van der Waals surface area contributed by atoms with Crippen LogP contribution in [0, 0.1) is 0 Å². The lowest BCUT2D eigenvalue weighted by molar-refractivity contribution is -0.137. The van der Waals surface area contributed by atoms with E-state index < -0.39 is 11.7 Å². The van der Waals surface area contributed by atoms with E-state index in [-0.39, 0.29) is 12.4 Å². The van der Waals surface area contributed by atoms with Crippen molar-refractivity contribution in [3.8, 4) is 0 Å². The summed E-state index contributed by atoms with van der Waals surface area (Å²) in [4.78, 5) is 1.02. The van der Waals surface area contributed by atoms with Crippen LogP contribution in [0.1, 0.15) is 21.6 Å². The fourth-order valence-electron chi connectivity index (χ4n) is 1.78. The van der Waals surface area contributed by atoms with Crippen molar-refractivity contribution >= 4 is 23.7 Å². The van der Waals surface area contributed by atoms with Crippen molar-refractivity contribution < 1.29 is 13.2 Å². The molecule has 1 aromatic heterocycles. The van der Waals surface area contributed by atoms with Crippen molar-refractivity contribution in [1.82, 2.24) is 0 Å². The molecule has 1 aromatic carbocycles. The summed E-state index contributed by atoms with van der Waals surface area (Å²) in [6.07, 6.45) is -3.80. The largest absolute Gasteiger partial charge is 0.416 e. The zero-order chi connectivity index (χ0) is 13.2. The molecule has 0 aliphatic carbocycles. The van der Waals surface area contributed by atoms with Gasteiger partial charge >= 0.3 is 6.18 Å². The van der Waals surface area contributed by atoms with Crippen LogP contribution in [0.4, 0.5) is 13.2 Å². The lowest BCUT2D eigenvalue weighted by Gasteiger charge is -2.08. The predicted molar refractivity (Wildman–Crippen MR) is 73.7 cm³/mol. The van der Waals surface area contributed by atoms with Gasteiger partial charge in [0.2, 0.25) is 0 Å². The Labute approximate surface area is 119 Å². The van der Waals surface area contributed by atoms with Gasteiger partial charge in [0.1, 0.15) is 0 Å². The number of hydrogen-bond acceptors (Lipinski definition) is 2. The van der Waals surface area contributed by atoms with Gasteiger partial charge in [0, 0.05) is 11.4 Å². The summed E-state index contributed by atoms with van der Waals surface area (Å²) < 4.78 is 37.7. The molecule has 1 nitrogen and oxygen atoms in total. The fraction of sp³-hybridized carbons (Fsp3) is 0.231. The number of halogens is 4. The maximum atomic E-state index is 12.6. The van der Waals surface area contributed by atoms with Gasteiger partial charge in [-0.25, -0.2) is 0 Å². The van der Waals surface area contributed by atoms with E-state index in [1.165, 1.54) is 23.5 Å². The summed E-state index contributed by atoms with van der Waals surface area (Å²) in [6, 6.07) is 7.33. The molecule has 6 heteroatoms. The van der Waals surface area contributed by atoms with Crippen LogP contribution in [-0.2, 0) is 19.1 Å². The Morgan fingerprint density at radius 3 is 2.53 bits per heavy atom. The first-order chi connectivity index (χ1) is 8.50. The zero-order valence-corrected chi connectivity index (χ0v) is 11.5. The minimum Gasteiger partial charge on any atom is -0.326 e. The molecule has 0 saturated carbocycles. The van der Waals surface area contributed by atoms with E-state index in [2.05, 4.69) is 0 Å². The van der Waals surface area contributed by atoms with Gasteiger partial charge in [-0.1, -0.05) is 18.2 Å². The molecule has 0 unspecified atom stereocenters. The standard InChI is InChI=1S/C13H12F3NS.ClH/c14-13(15,16)11-3-1-2-9(7-11)6-10-4-5-18-12(10)8-17;/h1-5,7H,6,8,17H2;1H. The Bertz CT molecular complexity index is 537. The molecule has 2 aromatic rings. The highest BCUT2D eigenvalue weighted by Crippen LogP contribution is 2.30. The molecule has 0 amide bonds. The van der Waals surface area contributed by atoms with Gasteiger partial charge in [-0.2, -0.15) is 13.2 Å². The number of rotatable bonds is 3. The molecule has 0 spiro atoms. The van der Waals surface area contributed by atoms with Crippen molar-refractivity contribution in [2.75, 3.05) is 0 Å². The summed E-state index contributed by atoms with van der Waals surface area (Å²) in [5.74, 6) is 0. The van der Waals surface area contributed by atoms with Crippen LogP contribution >= 0.6 is 23.7 Å². The van der Waals surface area contributed by atoms with E-state index in [0.29, 0.717) is 18.5 Å². The summed E-state index contributed by atoms with van der Waals surface area (Å²) in [5, 5.41) is 1.91. The molecule has 0 radical (unpaired) electrons. The van der Waals surface area contributed by atoms with Crippen molar-refractivity contribution in [1.29, 1.82) is 0 Å². The molecule has 2 N–H and O–H groups in total. The molecule has 1 heterocycles. The average Bonchev–Trinajstić information content (AvgIpc) is 2.75. The third-order valence-corrected chi connectivity index (χ3v) is 3.66. The minimum absolute atomic E-state index is 0. The molecule has 2 rings (SSSR count). The monoisotopic (exact) mass is 307 g/mol. The lowest BCUT2D eigenvalue weighted by atomic mass is 10.0. The van der Waals surface area contributed by atoms with Crippen molar-refractivity contribution in [2.24, 2.45) is 5.73 Å². The minimum atomic E-state index is -4.29. The van der Waals surface area contributed by atoms with Gasteiger partial charge in [-0.05, 0) is 35.1 Å². The van der Waals surface area contributed by atoms with E-state index in [0.717, 1.165) is 16.5 Å². The zero-order valence-electron chi connectivity index (χ0n) is 9.91. The maximum Gasteiger partial charge on any atom is 0.416 e. The first kappa shape index (κ1) is 16.0. The van der Waals surface area contributed by atoms with Crippen LogP contribution in [0.5, 0.6) is 0 Å². The van der Waals surface area contributed by atoms with E-state index in [1.54, 1.807) is 6.07 Å². The Morgan fingerprint density at radius 2 is 1.89 bits per heavy atom.